The Kier molecular flexibility index (Phi) is 6.76. The van der Waals surface area contributed by atoms with Crippen LogP contribution in [0, 0.1) is 5.92 Å². The summed E-state index contributed by atoms with van der Waals surface area (Å²) in [7, 11) is 0. The molecule has 1 N–H and O–H groups in total. The van der Waals surface area contributed by atoms with Crippen molar-refractivity contribution in [2.24, 2.45) is 5.92 Å². The highest BCUT2D eigenvalue weighted by molar-refractivity contribution is 7.13. The van der Waals surface area contributed by atoms with Crippen LogP contribution in [0.1, 0.15) is 51.9 Å². The lowest BCUT2D eigenvalue weighted by atomic mass is 9.94. The van der Waals surface area contributed by atoms with Gasteiger partial charge in [-0.05, 0) is 38.5 Å². The topological polar surface area (TPSA) is 95.5 Å². The highest BCUT2D eigenvalue weighted by Gasteiger charge is 2.36. The molecule has 1 atom stereocenters. The molecule has 3 heterocycles. The third-order valence-electron chi connectivity index (χ3n) is 5.34. The van der Waals surface area contributed by atoms with Crippen molar-refractivity contribution < 1.29 is 14.4 Å². The van der Waals surface area contributed by atoms with Crippen LogP contribution in [0.15, 0.2) is 5.51 Å². The molecule has 1 aromatic rings. The fourth-order valence-corrected chi connectivity index (χ4v) is 4.30. The van der Waals surface area contributed by atoms with Crippen LogP contribution in [-0.2, 0) is 14.4 Å². The van der Waals surface area contributed by atoms with Crippen LogP contribution in [0.4, 0.5) is 5.13 Å². The van der Waals surface area contributed by atoms with Crippen molar-refractivity contribution >= 4 is 34.2 Å². The first-order valence-corrected chi connectivity index (χ1v) is 10.6. The molecule has 3 amide bonds. The molecule has 2 aliphatic rings. The maximum atomic E-state index is 13.0. The van der Waals surface area contributed by atoms with Gasteiger partial charge in [0.2, 0.25) is 22.9 Å². The Morgan fingerprint density at radius 3 is 2.63 bits per heavy atom. The summed E-state index contributed by atoms with van der Waals surface area (Å²) in [5, 5.41) is 10.8. The Hall–Kier alpha value is -2.03. The van der Waals surface area contributed by atoms with Crippen molar-refractivity contribution in [1.82, 2.24) is 20.0 Å². The van der Waals surface area contributed by atoms with Gasteiger partial charge in [-0.2, -0.15) is 0 Å². The summed E-state index contributed by atoms with van der Waals surface area (Å²) in [6, 6.07) is -0.329. The maximum Gasteiger partial charge on any atom is 0.245 e. The molecule has 0 aromatic carbocycles. The van der Waals surface area contributed by atoms with E-state index in [1.165, 1.54) is 11.3 Å². The summed E-state index contributed by atoms with van der Waals surface area (Å²) in [5.41, 5.74) is 1.58. The number of hydrogen-bond acceptors (Lipinski definition) is 6. The van der Waals surface area contributed by atoms with Gasteiger partial charge < -0.3 is 15.1 Å². The second kappa shape index (κ2) is 9.25. The Morgan fingerprint density at radius 1 is 1.19 bits per heavy atom. The maximum absolute atomic E-state index is 13.0. The molecule has 1 unspecified atom stereocenters. The summed E-state index contributed by atoms with van der Waals surface area (Å²) < 4.78 is 0. The number of rotatable bonds is 5. The lowest BCUT2D eigenvalue weighted by molar-refractivity contribution is -0.149. The Morgan fingerprint density at radius 2 is 1.96 bits per heavy atom. The van der Waals surface area contributed by atoms with Gasteiger partial charge in [0.1, 0.15) is 11.6 Å². The van der Waals surface area contributed by atoms with E-state index in [1.807, 2.05) is 11.8 Å². The highest BCUT2D eigenvalue weighted by atomic mass is 32.1. The number of piperidine rings is 2. The van der Waals surface area contributed by atoms with Gasteiger partial charge in [0.05, 0.1) is 0 Å². The number of anilines is 1. The van der Waals surface area contributed by atoms with Crippen LogP contribution in [0.5, 0.6) is 0 Å². The predicted octanol–water partition coefficient (Wildman–Crippen LogP) is 1.90. The minimum Gasteiger partial charge on any atom is -0.341 e. The number of hydrogen-bond donors (Lipinski definition) is 1. The molecular weight excluding hydrogens is 366 g/mol. The van der Waals surface area contributed by atoms with Gasteiger partial charge in [-0.15, -0.1) is 10.2 Å². The number of likely N-dealkylation sites (tertiary alicyclic amines) is 2. The van der Waals surface area contributed by atoms with E-state index < -0.39 is 0 Å². The summed E-state index contributed by atoms with van der Waals surface area (Å²) in [6.45, 7) is 3.77. The zero-order chi connectivity index (χ0) is 19.2. The predicted molar refractivity (Wildman–Crippen MR) is 102 cm³/mol. The van der Waals surface area contributed by atoms with Gasteiger partial charge in [0, 0.05) is 32.0 Å². The second-order valence-electron chi connectivity index (χ2n) is 7.18. The molecule has 0 aliphatic carbocycles. The molecular formula is C18H27N5O3S. The monoisotopic (exact) mass is 393 g/mol. The molecule has 0 saturated carbocycles. The van der Waals surface area contributed by atoms with Crippen LogP contribution in [0.25, 0.3) is 0 Å². The number of amides is 3. The Labute approximate surface area is 163 Å². The van der Waals surface area contributed by atoms with E-state index in [1.54, 1.807) is 10.4 Å². The fraction of sp³-hybridized carbons (Fsp3) is 0.722. The minimum atomic E-state index is -0.329. The van der Waals surface area contributed by atoms with Crippen molar-refractivity contribution in [2.45, 2.75) is 57.9 Å². The first-order valence-electron chi connectivity index (χ1n) is 9.75. The standard InChI is InChI=1S/C18H27N5O3S/c1-2-5-15(24)23-9-4-3-6-14(23)17(26)22-10-7-13(8-11-22)16(25)20-18-21-19-12-27-18/h12-14H,2-11H2,1H3,(H,20,21,25). The summed E-state index contributed by atoms with van der Waals surface area (Å²) in [6.07, 6.45) is 5.24. The molecule has 0 bridgehead atoms. The zero-order valence-electron chi connectivity index (χ0n) is 15.7. The zero-order valence-corrected chi connectivity index (χ0v) is 16.5. The van der Waals surface area contributed by atoms with Crippen molar-refractivity contribution in [3.8, 4) is 0 Å². The number of aromatic nitrogens is 2. The van der Waals surface area contributed by atoms with Crippen LogP contribution >= 0.6 is 11.3 Å². The van der Waals surface area contributed by atoms with E-state index in [2.05, 4.69) is 15.5 Å². The molecule has 148 valence electrons. The molecule has 2 aliphatic heterocycles. The van der Waals surface area contributed by atoms with Gasteiger partial charge in [-0.1, -0.05) is 18.3 Å². The van der Waals surface area contributed by atoms with Crippen molar-refractivity contribution in [3.63, 3.8) is 0 Å². The van der Waals surface area contributed by atoms with Gasteiger partial charge >= 0.3 is 0 Å². The smallest absolute Gasteiger partial charge is 0.245 e. The van der Waals surface area contributed by atoms with Gasteiger partial charge in [-0.25, -0.2) is 0 Å². The lowest BCUT2D eigenvalue weighted by Crippen LogP contribution is -2.54. The van der Waals surface area contributed by atoms with E-state index in [0.29, 0.717) is 44.0 Å². The van der Waals surface area contributed by atoms with E-state index in [-0.39, 0.29) is 29.7 Å². The lowest BCUT2D eigenvalue weighted by Gasteiger charge is -2.39. The molecule has 0 radical (unpaired) electrons. The number of nitrogens with one attached hydrogen (secondary N) is 1. The first kappa shape index (κ1) is 19.7. The average molecular weight is 394 g/mol. The molecule has 1 aromatic heterocycles. The molecule has 27 heavy (non-hydrogen) atoms. The molecule has 3 rings (SSSR count). The van der Waals surface area contributed by atoms with Crippen LogP contribution in [-0.4, -0.2) is 63.4 Å². The minimum absolute atomic E-state index is 0.0436. The molecule has 9 heteroatoms. The normalized spacial score (nSPS) is 21.1. The molecule has 2 fully saturated rings. The third kappa shape index (κ3) is 4.82. The van der Waals surface area contributed by atoms with Crippen molar-refractivity contribution in [3.05, 3.63) is 5.51 Å². The summed E-state index contributed by atoms with van der Waals surface area (Å²) in [5.74, 6) is -0.0533. The van der Waals surface area contributed by atoms with Gasteiger partial charge in [-0.3, -0.25) is 14.4 Å². The van der Waals surface area contributed by atoms with Crippen molar-refractivity contribution in [2.75, 3.05) is 25.0 Å². The van der Waals surface area contributed by atoms with Crippen LogP contribution < -0.4 is 5.32 Å². The summed E-state index contributed by atoms with van der Waals surface area (Å²) in [4.78, 5) is 41.3. The highest BCUT2D eigenvalue weighted by Crippen LogP contribution is 2.24. The second-order valence-corrected chi connectivity index (χ2v) is 8.01. The van der Waals surface area contributed by atoms with Crippen molar-refractivity contribution in [1.29, 1.82) is 0 Å². The molecule has 0 spiro atoms. The number of carbonyl (C=O) groups excluding carboxylic acids is 3. The van der Waals surface area contributed by atoms with Crippen LogP contribution in [0.3, 0.4) is 0 Å². The molecule has 2 saturated heterocycles. The SMILES string of the molecule is CCCC(=O)N1CCCCC1C(=O)N1CCC(C(=O)Nc2nncs2)CC1. The van der Waals surface area contributed by atoms with E-state index >= 15 is 0 Å². The van der Waals surface area contributed by atoms with Gasteiger partial charge in [0.25, 0.3) is 0 Å². The van der Waals surface area contributed by atoms with Crippen LogP contribution in [0.2, 0.25) is 0 Å². The largest absolute Gasteiger partial charge is 0.341 e. The number of nitrogens with zero attached hydrogens (tertiary/aromatic N) is 4. The fourth-order valence-electron chi connectivity index (χ4n) is 3.85. The van der Waals surface area contributed by atoms with E-state index in [0.717, 1.165) is 25.7 Å². The van der Waals surface area contributed by atoms with Gasteiger partial charge in [0.15, 0.2) is 0 Å². The van der Waals surface area contributed by atoms with E-state index in [4.69, 9.17) is 0 Å². The summed E-state index contributed by atoms with van der Waals surface area (Å²) >= 11 is 1.29. The number of carbonyl (C=O) groups is 3. The quantitative estimate of drug-likeness (QED) is 0.824. The average Bonchev–Trinajstić information content (AvgIpc) is 3.20. The Balaban J connectivity index is 1.54. The third-order valence-corrected chi connectivity index (χ3v) is 5.95. The first-order chi connectivity index (χ1) is 13.1. The van der Waals surface area contributed by atoms with E-state index in [9.17, 15) is 14.4 Å². The Bertz CT molecular complexity index is 658. The molecule has 8 nitrogen and oxygen atoms in total.